The lowest BCUT2D eigenvalue weighted by atomic mass is 10.0. The second-order valence-corrected chi connectivity index (χ2v) is 6.62. The van der Waals surface area contributed by atoms with Crippen LogP contribution in [0.2, 0.25) is 0 Å². The molecule has 4 heteroatoms. The van der Waals surface area contributed by atoms with Crippen LogP contribution >= 0.6 is 0 Å². The Kier molecular flexibility index (Phi) is 5.22. The highest BCUT2D eigenvalue weighted by atomic mass is 15.2. The summed E-state index contributed by atoms with van der Waals surface area (Å²) in [6.07, 6.45) is 3.36. The first-order valence-corrected chi connectivity index (χ1v) is 7.97. The minimum atomic E-state index is 0.550. The monoisotopic (exact) mass is 278 g/mol. The molecule has 20 heavy (non-hydrogen) atoms. The Morgan fingerprint density at radius 2 is 2.10 bits per heavy atom. The Balaban J connectivity index is 2.37. The second-order valence-electron chi connectivity index (χ2n) is 6.62. The van der Waals surface area contributed by atoms with Crippen molar-refractivity contribution in [2.75, 3.05) is 27.2 Å². The highest BCUT2D eigenvalue weighted by Gasteiger charge is 2.25. The summed E-state index contributed by atoms with van der Waals surface area (Å²) < 4.78 is 2.57. The smallest absolute Gasteiger partial charge is 0.109 e. The Morgan fingerprint density at radius 3 is 2.70 bits per heavy atom. The molecule has 114 valence electrons. The number of nitrogens with one attached hydrogen (secondary N) is 1. The van der Waals surface area contributed by atoms with Gasteiger partial charge in [0.2, 0.25) is 0 Å². The van der Waals surface area contributed by atoms with Gasteiger partial charge in [-0.25, -0.2) is 4.98 Å². The molecule has 2 rings (SSSR count). The zero-order chi connectivity index (χ0) is 14.7. The van der Waals surface area contributed by atoms with Gasteiger partial charge in [-0.15, -0.1) is 0 Å². The van der Waals surface area contributed by atoms with Gasteiger partial charge >= 0.3 is 0 Å². The highest BCUT2D eigenvalue weighted by Crippen LogP contribution is 2.26. The molecule has 0 radical (unpaired) electrons. The molecule has 0 fully saturated rings. The number of hydrogen-bond donors (Lipinski definition) is 1. The van der Waals surface area contributed by atoms with Crippen molar-refractivity contribution in [3.63, 3.8) is 0 Å². The first kappa shape index (κ1) is 15.5. The standard InChI is InChI=1S/C16H30N4/c1-6-16-18-14-10-17-8-7-15(14)20(16)13(9-12(2)3)11-19(4)5/h12-13,17H,6-11H2,1-5H3. The number of likely N-dealkylation sites (N-methyl/N-ethyl adjacent to an activating group) is 1. The van der Waals surface area contributed by atoms with Gasteiger partial charge in [-0.05, 0) is 26.4 Å². The largest absolute Gasteiger partial charge is 0.327 e. The lowest BCUT2D eigenvalue weighted by molar-refractivity contribution is 0.279. The second kappa shape index (κ2) is 6.72. The Hall–Kier alpha value is -0.870. The molecule has 0 bridgehead atoms. The number of nitrogens with zero attached hydrogens (tertiary/aromatic N) is 3. The molecule has 4 nitrogen and oxygen atoms in total. The molecule has 0 saturated carbocycles. The molecular weight excluding hydrogens is 248 g/mol. The maximum atomic E-state index is 4.89. The third-order valence-corrected chi connectivity index (χ3v) is 4.00. The summed E-state index contributed by atoms with van der Waals surface area (Å²) in [5, 5.41) is 3.44. The van der Waals surface area contributed by atoms with Crippen molar-refractivity contribution in [2.45, 2.75) is 52.6 Å². The minimum Gasteiger partial charge on any atom is -0.327 e. The molecular formula is C16H30N4. The molecule has 0 spiro atoms. The molecule has 2 heterocycles. The van der Waals surface area contributed by atoms with Crippen LogP contribution in [-0.4, -0.2) is 41.6 Å². The summed E-state index contributed by atoms with van der Waals surface area (Å²) in [5.41, 5.74) is 2.76. The topological polar surface area (TPSA) is 33.1 Å². The van der Waals surface area contributed by atoms with E-state index in [0.29, 0.717) is 12.0 Å². The fourth-order valence-electron chi connectivity index (χ4n) is 3.30. The number of aromatic nitrogens is 2. The fourth-order valence-corrected chi connectivity index (χ4v) is 3.30. The van der Waals surface area contributed by atoms with E-state index in [9.17, 15) is 0 Å². The fraction of sp³-hybridized carbons (Fsp3) is 0.812. The van der Waals surface area contributed by atoms with Gasteiger partial charge in [-0.2, -0.15) is 0 Å². The normalized spacial score (nSPS) is 16.8. The van der Waals surface area contributed by atoms with Crippen molar-refractivity contribution in [3.05, 3.63) is 17.2 Å². The van der Waals surface area contributed by atoms with E-state index in [1.165, 1.54) is 23.6 Å². The van der Waals surface area contributed by atoms with Crippen molar-refractivity contribution < 1.29 is 0 Å². The van der Waals surface area contributed by atoms with Crippen molar-refractivity contribution in [3.8, 4) is 0 Å². The Morgan fingerprint density at radius 1 is 1.35 bits per heavy atom. The molecule has 0 amide bonds. The SMILES string of the molecule is CCc1nc2c(n1C(CC(C)C)CN(C)C)CCNC2. The van der Waals surface area contributed by atoms with Crippen LogP contribution in [0, 0.1) is 5.92 Å². The van der Waals surface area contributed by atoms with Gasteiger partial charge in [-0.1, -0.05) is 20.8 Å². The average Bonchev–Trinajstić information content (AvgIpc) is 2.75. The van der Waals surface area contributed by atoms with Crippen LogP contribution in [0.4, 0.5) is 0 Å². The summed E-state index contributed by atoms with van der Waals surface area (Å²) in [6.45, 7) is 9.98. The minimum absolute atomic E-state index is 0.550. The molecule has 1 unspecified atom stereocenters. The zero-order valence-corrected chi connectivity index (χ0v) is 13.7. The van der Waals surface area contributed by atoms with Gasteiger partial charge in [0.1, 0.15) is 5.82 Å². The van der Waals surface area contributed by atoms with E-state index in [0.717, 1.165) is 32.5 Å². The summed E-state index contributed by atoms with van der Waals surface area (Å²) in [4.78, 5) is 7.19. The molecule has 1 aliphatic heterocycles. The average molecular weight is 278 g/mol. The van der Waals surface area contributed by atoms with Crippen molar-refractivity contribution >= 4 is 0 Å². The summed E-state index contributed by atoms with van der Waals surface area (Å²) in [5.74, 6) is 1.98. The van der Waals surface area contributed by atoms with E-state index < -0.39 is 0 Å². The van der Waals surface area contributed by atoms with Crippen LogP contribution in [0.25, 0.3) is 0 Å². The Labute approximate surface area is 123 Å². The van der Waals surface area contributed by atoms with E-state index in [-0.39, 0.29) is 0 Å². The van der Waals surface area contributed by atoms with Gasteiger partial charge in [-0.3, -0.25) is 0 Å². The molecule has 0 aliphatic carbocycles. The van der Waals surface area contributed by atoms with Crippen LogP contribution in [0.15, 0.2) is 0 Å². The number of imidazole rings is 1. The predicted octanol–water partition coefficient (Wildman–Crippen LogP) is 2.24. The maximum Gasteiger partial charge on any atom is 0.109 e. The van der Waals surface area contributed by atoms with Gasteiger partial charge in [0.05, 0.1) is 5.69 Å². The molecule has 1 aromatic rings. The van der Waals surface area contributed by atoms with Gasteiger partial charge < -0.3 is 14.8 Å². The van der Waals surface area contributed by atoms with Gasteiger partial charge in [0, 0.05) is 44.2 Å². The Bertz CT molecular complexity index is 424. The van der Waals surface area contributed by atoms with E-state index in [4.69, 9.17) is 4.98 Å². The van der Waals surface area contributed by atoms with Crippen molar-refractivity contribution in [1.29, 1.82) is 0 Å². The highest BCUT2D eigenvalue weighted by molar-refractivity contribution is 5.21. The van der Waals surface area contributed by atoms with Crippen LogP contribution in [0.5, 0.6) is 0 Å². The van der Waals surface area contributed by atoms with E-state index in [2.05, 4.69) is 49.7 Å². The summed E-state index contributed by atoms with van der Waals surface area (Å²) in [7, 11) is 4.34. The zero-order valence-electron chi connectivity index (χ0n) is 13.7. The molecule has 1 N–H and O–H groups in total. The van der Waals surface area contributed by atoms with Crippen LogP contribution < -0.4 is 5.32 Å². The summed E-state index contributed by atoms with van der Waals surface area (Å²) in [6, 6.07) is 0.550. The van der Waals surface area contributed by atoms with Crippen LogP contribution in [-0.2, 0) is 19.4 Å². The van der Waals surface area contributed by atoms with E-state index >= 15 is 0 Å². The quantitative estimate of drug-likeness (QED) is 0.866. The molecule has 1 atom stereocenters. The van der Waals surface area contributed by atoms with Crippen LogP contribution in [0.1, 0.15) is 50.4 Å². The van der Waals surface area contributed by atoms with Crippen molar-refractivity contribution in [1.82, 2.24) is 19.8 Å². The lowest BCUT2D eigenvalue weighted by Gasteiger charge is -2.28. The number of aryl methyl sites for hydroxylation is 1. The molecule has 1 aromatic heterocycles. The number of hydrogen-bond acceptors (Lipinski definition) is 3. The van der Waals surface area contributed by atoms with Gasteiger partial charge in [0.25, 0.3) is 0 Å². The number of rotatable bonds is 6. The van der Waals surface area contributed by atoms with E-state index in [1.807, 2.05) is 0 Å². The molecule has 0 saturated heterocycles. The van der Waals surface area contributed by atoms with E-state index in [1.54, 1.807) is 0 Å². The maximum absolute atomic E-state index is 4.89. The summed E-state index contributed by atoms with van der Waals surface area (Å²) >= 11 is 0. The third-order valence-electron chi connectivity index (χ3n) is 4.00. The lowest BCUT2D eigenvalue weighted by Crippen LogP contribution is -2.30. The van der Waals surface area contributed by atoms with Crippen LogP contribution in [0.3, 0.4) is 0 Å². The molecule has 0 aromatic carbocycles. The third kappa shape index (κ3) is 3.41. The first-order valence-electron chi connectivity index (χ1n) is 7.97. The predicted molar refractivity (Wildman–Crippen MR) is 84.1 cm³/mol. The number of fused-ring (bicyclic) bond motifs is 1. The van der Waals surface area contributed by atoms with Crippen molar-refractivity contribution in [2.24, 2.45) is 5.92 Å². The first-order chi connectivity index (χ1) is 9.52. The molecule has 1 aliphatic rings. The van der Waals surface area contributed by atoms with Gasteiger partial charge in [0.15, 0.2) is 0 Å².